The summed E-state index contributed by atoms with van der Waals surface area (Å²) < 4.78 is 11.1. The van der Waals surface area contributed by atoms with Crippen LogP contribution in [-0.2, 0) is 10.5 Å². The van der Waals surface area contributed by atoms with E-state index in [0.29, 0.717) is 19.0 Å². The van der Waals surface area contributed by atoms with Gasteiger partial charge in [0.2, 0.25) is 0 Å². The molecule has 1 atom stereocenters. The Morgan fingerprint density at radius 1 is 1.15 bits per heavy atom. The zero-order valence-corrected chi connectivity index (χ0v) is 15.7. The van der Waals surface area contributed by atoms with E-state index in [1.807, 2.05) is 50.2 Å². The SMILES string of the molecule is C/C(=N/NC(=O)[C@@H](C)SCc1ccccc1)c1ccc2c(c1)OCCO2. The topological polar surface area (TPSA) is 59.9 Å². The lowest BCUT2D eigenvalue weighted by Crippen LogP contribution is -2.27. The lowest BCUT2D eigenvalue weighted by atomic mass is 10.1. The van der Waals surface area contributed by atoms with Crippen LogP contribution in [0.25, 0.3) is 0 Å². The van der Waals surface area contributed by atoms with Crippen LogP contribution < -0.4 is 14.9 Å². The number of fused-ring (bicyclic) bond motifs is 1. The monoisotopic (exact) mass is 370 g/mol. The average molecular weight is 370 g/mol. The van der Waals surface area contributed by atoms with Gasteiger partial charge in [0.25, 0.3) is 5.91 Å². The molecule has 5 nitrogen and oxygen atoms in total. The molecule has 0 unspecified atom stereocenters. The van der Waals surface area contributed by atoms with E-state index < -0.39 is 0 Å². The van der Waals surface area contributed by atoms with Crippen LogP contribution in [0.3, 0.4) is 0 Å². The fourth-order valence-corrected chi connectivity index (χ4v) is 3.27. The normalized spacial score (nSPS) is 14.6. The number of nitrogens with zero attached hydrogens (tertiary/aromatic N) is 1. The molecule has 0 saturated heterocycles. The van der Waals surface area contributed by atoms with Crippen molar-refractivity contribution < 1.29 is 14.3 Å². The number of rotatable bonds is 6. The van der Waals surface area contributed by atoms with E-state index in [-0.39, 0.29) is 11.2 Å². The quantitative estimate of drug-likeness (QED) is 0.623. The van der Waals surface area contributed by atoms with E-state index in [2.05, 4.69) is 22.7 Å². The van der Waals surface area contributed by atoms with Gasteiger partial charge in [-0.2, -0.15) is 5.10 Å². The van der Waals surface area contributed by atoms with Crippen molar-refractivity contribution in [1.29, 1.82) is 0 Å². The second-order valence-corrected chi connectivity index (χ2v) is 7.30. The summed E-state index contributed by atoms with van der Waals surface area (Å²) in [6.45, 7) is 4.85. The van der Waals surface area contributed by atoms with Crippen LogP contribution in [0.2, 0.25) is 0 Å². The molecule has 1 heterocycles. The van der Waals surface area contributed by atoms with Crippen LogP contribution in [0.4, 0.5) is 0 Å². The van der Waals surface area contributed by atoms with E-state index in [4.69, 9.17) is 9.47 Å². The number of ether oxygens (including phenoxy) is 2. The predicted octanol–water partition coefficient (Wildman–Crippen LogP) is 3.62. The van der Waals surface area contributed by atoms with Crippen molar-refractivity contribution in [3.05, 3.63) is 59.7 Å². The standard InChI is InChI=1S/C20H22N2O3S/c1-14(17-8-9-18-19(12-17)25-11-10-24-18)21-22-20(23)15(2)26-13-16-6-4-3-5-7-16/h3-9,12,15H,10-11,13H2,1-2H3,(H,22,23)/b21-14-/t15-/m1/s1. The van der Waals surface area contributed by atoms with E-state index in [0.717, 1.165) is 22.8 Å². The maximum Gasteiger partial charge on any atom is 0.252 e. The first-order chi connectivity index (χ1) is 12.6. The summed E-state index contributed by atoms with van der Waals surface area (Å²) in [5, 5.41) is 4.04. The molecular weight excluding hydrogens is 348 g/mol. The summed E-state index contributed by atoms with van der Waals surface area (Å²) in [5.74, 6) is 2.13. The maximum atomic E-state index is 12.2. The van der Waals surface area contributed by atoms with Crippen LogP contribution in [-0.4, -0.2) is 30.1 Å². The number of carbonyl (C=O) groups is 1. The van der Waals surface area contributed by atoms with E-state index >= 15 is 0 Å². The van der Waals surface area contributed by atoms with Crippen molar-refractivity contribution in [2.45, 2.75) is 24.9 Å². The van der Waals surface area contributed by atoms with Crippen molar-refractivity contribution in [2.75, 3.05) is 13.2 Å². The second-order valence-electron chi connectivity index (χ2n) is 5.97. The number of amides is 1. The lowest BCUT2D eigenvalue weighted by Gasteiger charge is -2.18. The van der Waals surface area contributed by atoms with Crippen LogP contribution in [0.1, 0.15) is 25.0 Å². The highest BCUT2D eigenvalue weighted by Crippen LogP contribution is 2.30. The van der Waals surface area contributed by atoms with Crippen molar-refractivity contribution in [1.82, 2.24) is 5.43 Å². The molecule has 1 aliphatic rings. The maximum absolute atomic E-state index is 12.2. The highest BCUT2D eigenvalue weighted by atomic mass is 32.2. The summed E-state index contributed by atoms with van der Waals surface area (Å²) in [6.07, 6.45) is 0. The number of hydrogen-bond acceptors (Lipinski definition) is 5. The van der Waals surface area contributed by atoms with Gasteiger partial charge in [-0.15, -0.1) is 11.8 Å². The Labute approximate surface area is 157 Å². The Morgan fingerprint density at radius 2 is 1.88 bits per heavy atom. The smallest absolute Gasteiger partial charge is 0.252 e. The molecule has 0 bridgehead atoms. The van der Waals surface area contributed by atoms with Crippen LogP contribution in [0.5, 0.6) is 11.5 Å². The molecule has 0 spiro atoms. The number of hydrazone groups is 1. The van der Waals surface area contributed by atoms with Gasteiger partial charge < -0.3 is 9.47 Å². The van der Waals surface area contributed by atoms with Gasteiger partial charge in [0.1, 0.15) is 13.2 Å². The van der Waals surface area contributed by atoms with Gasteiger partial charge in [0, 0.05) is 11.3 Å². The van der Waals surface area contributed by atoms with Crippen molar-refractivity contribution in [3.8, 4) is 11.5 Å². The minimum Gasteiger partial charge on any atom is -0.486 e. The Bertz CT molecular complexity index is 793. The zero-order chi connectivity index (χ0) is 18.4. The number of nitrogens with one attached hydrogen (secondary N) is 1. The fourth-order valence-electron chi connectivity index (χ4n) is 2.43. The molecule has 0 saturated carbocycles. The van der Waals surface area contributed by atoms with Gasteiger partial charge >= 0.3 is 0 Å². The Hall–Kier alpha value is -2.47. The summed E-state index contributed by atoms with van der Waals surface area (Å²) in [7, 11) is 0. The summed E-state index contributed by atoms with van der Waals surface area (Å²) >= 11 is 1.59. The number of carbonyl (C=O) groups excluding carboxylic acids is 1. The fraction of sp³-hybridized carbons (Fsp3) is 0.300. The van der Waals surface area contributed by atoms with Gasteiger partial charge in [0.05, 0.1) is 11.0 Å². The Kier molecular flexibility index (Phi) is 6.17. The minimum absolute atomic E-state index is 0.108. The van der Waals surface area contributed by atoms with Crippen molar-refractivity contribution in [3.63, 3.8) is 0 Å². The molecule has 0 aliphatic carbocycles. The van der Waals surface area contributed by atoms with Crippen molar-refractivity contribution >= 4 is 23.4 Å². The molecule has 0 aromatic heterocycles. The van der Waals surface area contributed by atoms with Crippen molar-refractivity contribution in [2.24, 2.45) is 5.10 Å². The van der Waals surface area contributed by atoms with Gasteiger partial charge in [-0.1, -0.05) is 30.3 Å². The van der Waals surface area contributed by atoms with Gasteiger partial charge in [0.15, 0.2) is 11.5 Å². The molecule has 0 fully saturated rings. The third-order valence-corrected chi connectivity index (χ3v) is 5.22. The van der Waals surface area contributed by atoms with Gasteiger partial charge in [-0.3, -0.25) is 4.79 Å². The molecule has 1 amide bonds. The second kappa shape index (κ2) is 8.76. The molecular formula is C20H22N2O3S. The predicted molar refractivity (Wildman–Crippen MR) is 105 cm³/mol. The van der Waals surface area contributed by atoms with Crippen LogP contribution in [0, 0.1) is 0 Å². The molecule has 1 N–H and O–H groups in total. The molecule has 1 aliphatic heterocycles. The van der Waals surface area contributed by atoms with E-state index in [1.54, 1.807) is 11.8 Å². The first kappa shape index (κ1) is 18.3. The molecule has 136 valence electrons. The van der Waals surface area contributed by atoms with Crippen LogP contribution in [0.15, 0.2) is 53.6 Å². The lowest BCUT2D eigenvalue weighted by molar-refractivity contribution is -0.120. The molecule has 3 rings (SSSR count). The molecule has 2 aromatic rings. The summed E-state index contributed by atoms with van der Waals surface area (Å²) in [5.41, 5.74) is 5.46. The minimum atomic E-state index is -0.188. The molecule has 2 aromatic carbocycles. The molecule has 6 heteroatoms. The first-order valence-corrected chi connectivity index (χ1v) is 9.58. The van der Waals surface area contributed by atoms with E-state index in [9.17, 15) is 4.79 Å². The summed E-state index contributed by atoms with van der Waals surface area (Å²) in [6, 6.07) is 15.8. The number of thioether (sulfide) groups is 1. The molecule has 26 heavy (non-hydrogen) atoms. The third kappa shape index (κ3) is 4.79. The highest BCUT2D eigenvalue weighted by molar-refractivity contribution is 7.99. The highest BCUT2D eigenvalue weighted by Gasteiger charge is 2.15. The van der Waals surface area contributed by atoms with Gasteiger partial charge in [-0.25, -0.2) is 5.43 Å². The summed E-state index contributed by atoms with van der Waals surface area (Å²) in [4.78, 5) is 12.2. The third-order valence-electron chi connectivity index (χ3n) is 4.01. The number of benzene rings is 2. The zero-order valence-electron chi connectivity index (χ0n) is 14.9. The van der Waals surface area contributed by atoms with E-state index in [1.165, 1.54) is 5.56 Å². The average Bonchev–Trinajstić information content (AvgIpc) is 2.70. The Morgan fingerprint density at radius 3 is 2.65 bits per heavy atom. The Balaban J connectivity index is 1.55. The number of hydrogen-bond donors (Lipinski definition) is 1. The first-order valence-electron chi connectivity index (χ1n) is 8.53. The van der Waals surface area contributed by atoms with Gasteiger partial charge in [-0.05, 0) is 37.6 Å². The van der Waals surface area contributed by atoms with Crippen LogP contribution >= 0.6 is 11.8 Å². The largest absolute Gasteiger partial charge is 0.486 e. The molecule has 0 radical (unpaired) electrons.